The fourth-order valence-electron chi connectivity index (χ4n) is 3.67. The first-order chi connectivity index (χ1) is 13.5. The van der Waals surface area contributed by atoms with Crippen LogP contribution in [0.1, 0.15) is 35.6 Å². The molecule has 3 aromatic rings. The van der Waals surface area contributed by atoms with E-state index in [-0.39, 0.29) is 11.5 Å². The van der Waals surface area contributed by atoms with Crippen LogP contribution in [0.5, 0.6) is 5.75 Å². The Morgan fingerprint density at radius 1 is 1.29 bits per heavy atom. The fraction of sp³-hybridized carbons (Fsp3) is 0.318. The van der Waals surface area contributed by atoms with Crippen molar-refractivity contribution in [2.75, 3.05) is 0 Å². The molecule has 1 amide bonds. The van der Waals surface area contributed by atoms with Gasteiger partial charge in [0.1, 0.15) is 11.3 Å². The number of rotatable bonds is 5. The normalized spacial score (nSPS) is 13.9. The lowest BCUT2D eigenvalue weighted by Gasteiger charge is -2.17. The summed E-state index contributed by atoms with van der Waals surface area (Å²) >= 11 is 0. The summed E-state index contributed by atoms with van der Waals surface area (Å²) in [5.41, 5.74) is 3.82. The number of amides is 1. The maximum Gasteiger partial charge on any atom is 0.339 e. The number of nitrogens with zero attached hydrogens (tertiary/aromatic N) is 1. The minimum atomic E-state index is -0.686. The molecule has 1 aliphatic carbocycles. The average Bonchev–Trinajstić information content (AvgIpc) is 3.20. The first-order valence-electron chi connectivity index (χ1n) is 9.46. The number of ether oxygens (including phenoxy) is 1. The van der Waals surface area contributed by atoms with Gasteiger partial charge in [-0.25, -0.2) is 4.79 Å². The summed E-state index contributed by atoms with van der Waals surface area (Å²) in [6, 6.07) is 7.49. The molecule has 0 aliphatic heterocycles. The molecule has 2 heterocycles. The van der Waals surface area contributed by atoms with Crippen LogP contribution in [0.3, 0.4) is 0 Å². The van der Waals surface area contributed by atoms with Gasteiger partial charge in [-0.05, 0) is 62.4 Å². The number of hydrogen-bond donors (Lipinski definition) is 1. The third kappa shape index (κ3) is 3.38. The molecule has 0 saturated heterocycles. The van der Waals surface area contributed by atoms with E-state index in [4.69, 9.17) is 9.15 Å². The highest BCUT2D eigenvalue weighted by atomic mass is 16.5. The lowest BCUT2D eigenvalue weighted by atomic mass is 10.0. The molecule has 28 heavy (non-hydrogen) atoms. The molecule has 0 fully saturated rings. The second-order valence-electron chi connectivity index (χ2n) is 7.10. The molecule has 6 nitrogen and oxygen atoms in total. The Kier molecular flexibility index (Phi) is 4.86. The predicted molar refractivity (Wildman–Crippen MR) is 105 cm³/mol. The fourth-order valence-corrected chi connectivity index (χ4v) is 3.67. The second-order valence-corrected chi connectivity index (χ2v) is 7.10. The summed E-state index contributed by atoms with van der Waals surface area (Å²) in [4.78, 5) is 28.7. The van der Waals surface area contributed by atoms with E-state index >= 15 is 0 Å². The Morgan fingerprint density at radius 2 is 2.11 bits per heavy atom. The number of pyridine rings is 1. The van der Waals surface area contributed by atoms with Crippen LogP contribution < -0.4 is 15.7 Å². The first kappa shape index (κ1) is 18.2. The van der Waals surface area contributed by atoms with E-state index in [1.54, 1.807) is 19.3 Å². The van der Waals surface area contributed by atoms with Crippen molar-refractivity contribution in [3.8, 4) is 5.75 Å². The van der Waals surface area contributed by atoms with Gasteiger partial charge in [0.15, 0.2) is 6.10 Å². The Balaban J connectivity index is 1.53. The molecule has 144 valence electrons. The number of nitrogens with one attached hydrogen (secondary N) is 1. The smallest absolute Gasteiger partial charge is 0.339 e. The van der Waals surface area contributed by atoms with Crippen LogP contribution in [0.2, 0.25) is 0 Å². The molecule has 0 spiro atoms. The zero-order chi connectivity index (χ0) is 19.7. The maximum atomic E-state index is 12.4. The number of fused-ring (bicyclic) bond motifs is 3. The number of hydrogen-bond acceptors (Lipinski definition) is 5. The van der Waals surface area contributed by atoms with E-state index in [1.807, 2.05) is 31.2 Å². The number of aromatic nitrogens is 1. The van der Waals surface area contributed by atoms with Gasteiger partial charge in [0.25, 0.3) is 5.91 Å². The Morgan fingerprint density at radius 3 is 2.89 bits per heavy atom. The molecule has 1 aromatic carbocycles. The predicted octanol–water partition coefficient (Wildman–Crippen LogP) is 3.07. The van der Waals surface area contributed by atoms with Crippen LogP contribution in [0.25, 0.3) is 11.0 Å². The van der Waals surface area contributed by atoms with Crippen LogP contribution in [0.4, 0.5) is 0 Å². The number of aryl methyl sites for hydroxylation is 2. The van der Waals surface area contributed by atoms with Gasteiger partial charge in [-0.1, -0.05) is 6.07 Å². The van der Waals surface area contributed by atoms with Crippen LogP contribution in [-0.2, 0) is 24.2 Å². The highest BCUT2D eigenvalue weighted by molar-refractivity contribution is 5.86. The van der Waals surface area contributed by atoms with Crippen molar-refractivity contribution in [1.82, 2.24) is 10.3 Å². The standard InChI is InChI=1S/C22H22N2O4/c1-13-19(27-14(2)21(25)24-12-15-5-4-10-23-11-15)9-8-17-16-6-3-7-18(16)22(26)28-20(13)17/h4-5,8-11,14H,3,6-7,12H2,1-2H3,(H,24,25)/t14-/m1/s1. The number of benzene rings is 1. The molecule has 0 radical (unpaired) electrons. The molecular formula is C22H22N2O4. The van der Waals surface area contributed by atoms with E-state index in [0.717, 1.165) is 46.9 Å². The van der Waals surface area contributed by atoms with Gasteiger partial charge in [-0.2, -0.15) is 0 Å². The van der Waals surface area contributed by atoms with E-state index in [2.05, 4.69) is 10.3 Å². The molecule has 0 bridgehead atoms. The van der Waals surface area contributed by atoms with Crippen molar-refractivity contribution >= 4 is 16.9 Å². The molecular weight excluding hydrogens is 356 g/mol. The van der Waals surface area contributed by atoms with E-state index in [0.29, 0.717) is 17.9 Å². The van der Waals surface area contributed by atoms with Crippen LogP contribution in [0, 0.1) is 6.92 Å². The van der Waals surface area contributed by atoms with E-state index in [9.17, 15) is 9.59 Å². The lowest BCUT2D eigenvalue weighted by Crippen LogP contribution is -2.36. The molecule has 4 rings (SSSR count). The summed E-state index contributed by atoms with van der Waals surface area (Å²) in [7, 11) is 0. The molecule has 1 N–H and O–H groups in total. The summed E-state index contributed by atoms with van der Waals surface area (Å²) in [5.74, 6) is 0.316. The van der Waals surface area contributed by atoms with Gasteiger partial charge in [-0.15, -0.1) is 0 Å². The highest BCUT2D eigenvalue weighted by Crippen LogP contribution is 2.33. The van der Waals surface area contributed by atoms with E-state index in [1.165, 1.54) is 0 Å². The Bertz CT molecular complexity index is 1090. The lowest BCUT2D eigenvalue weighted by molar-refractivity contribution is -0.127. The van der Waals surface area contributed by atoms with Gasteiger partial charge >= 0.3 is 5.63 Å². The largest absolute Gasteiger partial charge is 0.480 e. The van der Waals surface area contributed by atoms with Crippen molar-refractivity contribution in [3.05, 3.63) is 69.3 Å². The highest BCUT2D eigenvalue weighted by Gasteiger charge is 2.22. The van der Waals surface area contributed by atoms with Crippen LogP contribution >= 0.6 is 0 Å². The molecule has 0 saturated carbocycles. The zero-order valence-corrected chi connectivity index (χ0v) is 16.0. The van der Waals surface area contributed by atoms with Crippen LogP contribution in [0.15, 0.2) is 45.9 Å². The minimum Gasteiger partial charge on any atom is -0.480 e. The molecule has 0 unspecified atom stereocenters. The zero-order valence-electron chi connectivity index (χ0n) is 16.0. The average molecular weight is 378 g/mol. The van der Waals surface area contributed by atoms with Gasteiger partial charge in [-0.3, -0.25) is 9.78 Å². The Hall–Kier alpha value is -3.15. The maximum absolute atomic E-state index is 12.4. The monoisotopic (exact) mass is 378 g/mol. The molecule has 6 heteroatoms. The van der Waals surface area contributed by atoms with Crippen molar-refractivity contribution in [2.24, 2.45) is 0 Å². The molecule has 2 aromatic heterocycles. The van der Waals surface area contributed by atoms with Gasteiger partial charge < -0.3 is 14.5 Å². The van der Waals surface area contributed by atoms with Gasteiger partial charge in [0.05, 0.1) is 0 Å². The summed E-state index contributed by atoms with van der Waals surface area (Å²) in [6.07, 6.45) is 5.36. The van der Waals surface area contributed by atoms with Crippen molar-refractivity contribution in [2.45, 2.75) is 45.8 Å². The number of carbonyl (C=O) groups is 1. The summed E-state index contributed by atoms with van der Waals surface area (Å²) < 4.78 is 11.5. The topological polar surface area (TPSA) is 81.4 Å². The number of carbonyl (C=O) groups excluding carboxylic acids is 1. The molecule has 1 atom stereocenters. The first-order valence-corrected chi connectivity index (χ1v) is 9.46. The Labute approximate surface area is 162 Å². The molecule has 1 aliphatic rings. The summed E-state index contributed by atoms with van der Waals surface area (Å²) in [6.45, 7) is 3.93. The third-order valence-corrected chi connectivity index (χ3v) is 5.20. The van der Waals surface area contributed by atoms with Gasteiger partial charge in [0, 0.05) is 35.5 Å². The minimum absolute atomic E-state index is 0.223. The quantitative estimate of drug-likeness (QED) is 0.690. The van der Waals surface area contributed by atoms with Crippen molar-refractivity contribution in [1.29, 1.82) is 0 Å². The summed E-state index contributed by atoms with van der Waals surface area (Å²) in [5, 5.41) is 3.80. The van der Waals surface area contributed by atoms with Crippen molar-refractivity contribution in [3.63, 3.8) is 0 Å². The third-order valence-electron chi connectivity index (χ3n) is 5.20. The van der Waals surface area contributed by atoms with Gasteiger partial charge in [0.2, 0.25) is 0 Å². The van der Waals surface area contributed by atoms with Crippen molar-refractivity contribution < 1.29 is 13.9 Å². The van der Waals surface area contributed by atoms with E-state index < -0.39 is 6.10 Å². The second kappa shape index (κ2) is 7.46. The SMILES string of the molecule is Cc1c(O[C@H](C)C(=O)NCc2cccnc2)ccc2c3c(c(=O)oc12)CCC3. The van der Waals surface area contributed by atoms with Crippen LogP contribution in [-0.4, -0.2) is 17.0 Å².